The van der Waals surface area contributed by atoms with E-state index >= 15 is 0 Å². The molecule has 1 fully saturated rings. The fourth-order valence-corrected chi connectivity index (χ4v) is 4.99. The molecule has 0 aromatic heterocycles. The number of ether oxygens (including phenoxy) is 2. The number of hydrogen-bond acceptors (Lipinski definition) is 7. The van der Waals surface area contributed by atoms with E-state index in [2.05, 4.69) is 4.74 Å². The SMILES string of the molecule is COC(=O)C[C@H]1[C@@H](C(C)=O)CN(S(=O)(=O)c2ccc(C)cc2)[C@@H]1C(=O)OC. The van der Waals surface area contributed by atoms with E-state index in [1.54, 1.807) is 12.1 Å². The minimum atomic E-state index is -4.07. The first kappa shape index (κ1) is 21.0. The monoisotopic (exact) mass is 397 g/mol. The molecule has 0 bridgehead atoms. The molecule has 0 radical (unpaired) electrons. The van der Waals surface area contributed by atoms with Crippen molar-refractivity contribution in [2.24, 2.45) is 11.8 Å². The van der Waals surface area contributed by atoms with E-state index in [1.165, 1.54) is 26.2 Å². The third-order valence-electron chi connectivity index (χ3n) is 4.83. The highest BCUT2D eigenvalue weighted by Crippen LogP contribution is 2.38. The summed E-state index contributed by atoms with van der Waals surface area (Å²) in [6.07, 6.45) is -0.263. The molecular weight excluding hydrogens is 374 g/mol. The van der Waals surface area contributed by atoms with Gasteiger partial charge in [-0.25, -0.2) is 8.42 Å². The number of carbonyl (C=O) groups excluding carboxylic acids is 3. The maximum absolute atomic E-state index is 13.1. The summed E-state index contributed by atoms with van der Waals surface area (Å²) >= 11 is 0. The fourth-order valence-electron chi connectivity index (χ4n) is 3.34. The lowest BCUT2D eigenvalue weighted by Crippen LogP contribution is -2.44. The highest BCUT2D eigenvalue weighted by atomic mass is 32.2. The number of aryl methyl sites for hydroxylation is 1. The van der Waals surface area contributed by atoms with Crippen LogP contribution in [-0.4, -0.2) is 57.3 Å². The third-order valence-corrected chi connectivity index (χ3v) is 6.69. The minimum absolute atomic E-state index is 0.00280. The van der Waals surface area contributed by atoms with Crippen LogP contribution in [0.5, 0.6) is 0 Å². The number of carbonyl (C=O) groups is 3. The van der Waals surface area contributed by atoms with Gasteiger partial charge in [0.2, 0.25) is 10.0 Å². The second-order valence-electron chi connectivity index (χ2n) is 6.52. The van der Waals surface area contributed by atoms with Gasteiger partial charge in [0.05, 0.1) is 25.5 Å². The molecule has 8 nitrogen and oxygen atoms in total. The first-order chi connectivity index (χ1) is 12.6. The molecular formula is C18H23NO7S. The smallest absolute Gasteiger partial charge is 0.324 e. The van der Waals surface area contributed by atoms with Crippen molar-refractivity contribution in [3.8, 4) is 0 Å². The summed E-state index contributed by atoms with van der Waals surface area (Å²) in [5.41, 5.74) is 0.880. The number of nitrogens with zero attached hydrogens (tertiary/aromatic N) is 1. The first-order valence-corrected chi connectivity index (χ1v) is 9.81. The average molecular weight is 397 g/mol. The van der Waals surface area contributed by atoms with Crippen LogP contribution in [0.25, 0.3) is 0 Å². The standard InChI is InChI=1S/C18H23NO7S/c1-11-5-7-13(8-6-11)27(23,24)19-10-15(12(2)20)14(9-16(21)25-3)17(19)18(22)26-4/h5-8,14-15,17H,9-10H2,1-4H3/t14-,15+,17-/m0/s1. The number of ketones is 1. The first-order valence-electron chi connectivity index (χ1n) is 8.37. The van der Waals surface area contributed by atoms with Gasteiger partial charge in [-0.05, 0) is 26.0 Å². The van der Waals surface area contributed by atoms with Crippen molar-refractivity contribution in [1.29, 1.82) is 0 Å². The number of esters is 2. The predicted molar refractivity (Wildman–Crippen MR) is 95.2 cm³/mol. The molecule has 2 rings (SSSR count). The lowest BCUT2D eigenvalue weighted by atomic mass is 9.85. The van der Waals surface area contributed by atoms with Gasteiger partial charge in [0.15, 0.2) is 0 Å². The number of sulfonamides is 1. The minimum Gasteiger partial charge on any atom is -0.469 e. The maximum atomic E-state index is 13.1. The number of benzene rings is 1. The molecule has 27 heavy (non-hydrogen) atoms. The van der Waals surface area contributed by atoms with Gasteiger partial charge in [-0.15, -0.1) is 0 Å². The van der Waals surface area contributed by atoms with Crippen molar-refractivity contribution in [3.63, 3.8) is 0 Å². The van der Waals surface area contributed by atoms with Gasteiger partial charge in [0.1, 0.15) is 11.8 Å². The van der Waals surface area contributed by atoms with E-state index in [-0.39, 0.29) is 23.6 Å². The van der Waals surface area contributed by atoms with Crippen molar-refractivity contribution in [2.45, 2.75) is 31.2 Å². The Balaban J connectivity index is 2.52. The predicted octanol–water partition coefficient (Wildman–Crippen LogP) is 0.925. The molecule has 1 aromatic carbocycles. The molecule has 1 heterocycles. The van der Waals surface area contributed by atoms with Crippen LogP contribution in [0.1, 0.15) is 18.9 Å². The lowest BCUT2D eigenvalue weighted by Gasteiger charge is -2.25. The highest BCUT2D eigenvalue weighted by molar-refractivity contribution is 7.89. The van der Waals surface area contributed by atoms with Crippen molar-refractivity contribution in [2.75, 3.05) is 20.8 Å². The average Bonchev–Trinajstić information content (AvgIpc) is 3.01. The Morgan fingerprint density at radius 3 is 2.19 bits per heavy atom. The van der Waals surface area contributed by atoms with Crippen LogP contribution in [0.2, 0.25) is 0 Å². The van der Waals surface area contributed by atoms with E-state index < -0.39 is 39.8 Å². The second kappa shape index (κ2) is 8.18. The molecule has 0 N–H and O–H groups in total. The Hall–Kier alpha value is -2.26. The van der Waals surface area contributed by atoms with Gasteiger partial charge < -0.3 is 9.47 Å². The molecule has 0 amide bonds. The van der Waals surface area contributed by atoms with Gasteiger partial charge in [0, 0.05) is 18.4 Å². The van der Waals surface area contributed by atoms with Crippen molar-refractivity contribution >= 4 is 27.7 Å². The molecule has 0 aliphatic carbocycles. The number of methoxy groups -OCH3 is 2. The largest absolute Gasteiger partial charge is 0.469 e. The Morgan fingerprint density at radius 2 is 1.70 bits per heavy atom. The van der Waals surface area contributed by atoms with Gasteiger partial charge >= 0.3 is 11.9 Å². The molecule has 1 aliphatic rings. The van der Waals surface area contributed by atoms with Gasteiger partial charge in [-0.2, -0.15) is 4.31 Å². The molecule has 1 aliphatic heterocycles. The zero-order valence-electron chi connectivity index (χ0n) is 15.7. The molecule has 9 heteroatoms. The number of rotatable bonds is 6. The topological polar surface area (TPSA) is 107 Å². The Kier molecular flexibility index (Phi) is 6.38. The maximum Gasteiger partial charge on any atom is 0.324 e. The van der Waals surface area contributed by atoms with Crippen LogP contribution in [0.15, 0.2) is 29.2 Å². The zero-order valence-corrected chi connectivity index (χ0v) is 16.5. The van der Waals surface area contributed by atoms with E-state index in [0.717, 1.165) is 17.0 Å². The zero-order chi connectivity index (χ0) is 20.4. The molecule has 3 atom stereocenters. The van der Waals surface area contributed by atoms with Crippen molar-refractivity contribution < 1.29 is 32.3 Å². The summed E-state index contributed by atoms with van der Waals surface area (Å²) in [6.45, 7) is 2.93. The molecule has 0 saturated carbocycles. The van der Waals surface area contributed by atoms with Crippen molar-refractivity contribution in [3.05, 3.63) is 29.8 Å². The quantitative estimate of drug-likeness (QED) is 0.657. The van der Waals surface area contributed by atoms with Crippen LogP contribution in [0, 0.1) is 18.8 Å². The highest BCUT2D eigenvalue weighted by Gasteiger charge is 2.53. The molecule has 1 aromatic rings. The fraction of sp³-hybridized carbons (Fsp3) is 0.500. The Bertz CT molecular complexity index is 832. The van der Waals surface area contributed by atoms with Crippen LogP contribution in [0.4, 0.5) is 0 Å². The number of Topliss-reactive ketones (excluding diaryl/α,β-unsaturated/α-hetero) is 1. The Morgan fingerprint density at radius 1 is 1.11 bits per heavy atom. The van der Waals surface area contributed by atoms with Gasteiger partial charge in [-0.3, -0.25) is 14.4 Å². The van der Waals surface area contributed by atoms with Crippen LogP contribution < -0.4 is 0 Å². The van der Waals surface area contributed by atoms with E-state index in [9.17, 15) is 22.8 Å². The van der Waals surface area contributed by atoms with Crippen LogP contribution >= 0.6 is 0 Å². The van der Waals surface area contributed by atoms with Crippen LogP contribution in [0.3, 0.4) is 0 Å². The third kappa shape index (κ3) is 4.19. The molecule has 0 spiro atoms. The van der Waals surface area contributed by atoms with E-state index in [4.69, 9.17) is 4.74 Å². The second-order valence-corrected chi connectivity index (χ2v) is 8.41. The summed E-state index contributed by atoms with van der Waals surface area (Å²) in [4.78, 5) is 36.3. The number of hydrogen-bond donors (Lipinski definition) is 0. The summed E-state index contributed by atoms with van der Waals surface area (Å²) < 4.78 is 36.7. The lowest BCUT2D eigenvalue weighted by molar-refractivity contribution is -0.147. The summed E-state index contributed by atoms with van der Waals surface area (Å²) in [7, 11) is -1.75. The van der Waals surface area contributed by atoms with Crippen molar-refractivity contribution in [1.82, 2.24) is 4.31 Å². The molecule has 1 saturated heterocycles. The van der Waals surface area contributed by atoms with Gasteiger partial charge in [0.25, 0.3) is 0 Å². The summed E-state index contributed by atoms with van der Waals surface area (Å²) in [5.74, 6) is -3.42. The van der Waals surface area contributed by atoms with Crippen LogP contribution in [-0.2, 0) is 33.9 Å². The normalized spacial score (nSPS) is 23.0. The van der Waals surface area contributed by atoms with E-state index in [1.807, 2.05) is 6.92 Å². The van der Waals surface area contributed by atoms with E-state index in [0.29, 0.717) is 0 Å². The summed E-state index contributed by atoms with van der Waals surface area (Å²) in [6, 6.07) is 4.88. The summed E-state index contributed by atoms with van der Waals surface area (Å²) in [5, 5.41) is 0. The Labute approximate surface area is 158 Å². The molecule has 148 valence electrons. The van der Waals surface area contributed by atoms with Gasteiger partial charge in [-0.1, -0.05) is 17.7 Å². The molecule has 0 unspecified atom stereocenters.